The Morgan fingerprint density at radius 2 is 1.79 bits per heavy atom. The molecular weight excluding hydrogens is 376 g/mol. The molecule has 0 unspecified atom stereocenters. The number of para-hydroxylation sites is 3. The first-order chi connectivity index (χ1) is 14.1. The smallest absolute Gasteiger partial charge is 0.419 e. The Kier molecular flexibility index (Phi) is 6.27. The number of aryl methyl sites for hydroxylation is 1. The predicted octanol–water partition coefficient (Wildman–Crippen LogP) is 1.47. The van der Waals surface area contributed by atoms with Crippen LogP contribution in [0.15, 0.2) is 57.7 Å². The van der Waals surface area contributed by atoms with Crippen molar-refractivity contribution in [1.29, 1.82) is 5.26 Å². The molecule has 0 aliphatic heterocycles. The van der Waals surface area contributed by atoms with Gasteiger partial charge in [0.15, 0.2) is 12.2 Å². The minimum atomic E-state index is -0.567. The Labute approximate surface area is 165 Å². The second-order valence-corrected chi connectivity index (χ2v) is 6.08. The van der Waals surface area contributed by atoms with Crippen LogP contribution in [0, 0.1) is 11.3 Å². The number of ether oxygens (including phenoxy) is 1. The molecule has 9 nitrogen and oxygen atoms in total. The van der Waals surface area contributed by atoms with Crippen LogP contribution in [0.25, 0.3) is 11.1 Å². The summed E-state index contributed by atoms with van der Waals surface area (Å²) in [6.07, 6.45) is 0.488. The van der Waals surface area contributed by atoms with Gasteiger partial charge >= 0.3 is 5.76 Å². The maximum atomic E-state index is 11.9. The maximum Gasteiger partial charge on any atom is 0.419 e. The molecule has 1 heterocycles. The first kappa shape index (κ1) is 19.7. The van der Waals surface area contributed by atoms with E-state index in [9.17, 15) is 14.4 Å². The largest absolute Gasteiger partial charge is 0.482 e. The number of hydrazine groups is 1. The molecule has 0 atom stereocenters. The second kappa shape index (κ2) is 9.23. The Bertz CT molecular complexity index is 1130. The van der Waals surface area contributed by atoms with E-state index in [2.05, 4.69) is 10.9 Å². The van der Waals surface area contributed by atoms with Crippen molar-refractivity contribution in [2.45, 2.75) is 19.4 Å². The average Bonchev–Trinajstić information content (AvgIpc) is 3.06. The number of nitrogens with zero attached hydrogens (tertiary/aromatic N) is 2. The van der Waals surface area contributed by atoms with Crippen molar-refractivity contribution in [3.8, 4) is 11.8 Å². The molecule has 3 aromatic rings. The molecule has 2 aromatic carbocycles. The number of hydrogen-bond donors (Lipinski definition) is 2. The second-order valence-electron chi connectivity index (χ2n) is 6.08. The van der Waals surface area contributed by atoms with Crippen molar-refractivity contribution in [3.63, 3.8) is 0 Å². The molecule has 0 aliphatic carbocycles. The van der Waals surface area contributed by atoms with Gasteiger partial charge in [0.2, 0.25) is 5.91 Å². The van der Waals surface area contributed by atoms with Gasteiger partial charge in [-0.05, 0) is 30.7 Å². The molecule has 0 bridgehead atoms. The van der Waals surface area contributed by atoms with E-state index < -0.39 is 17.6 Å². The van der Waals surface area contributed by atoms with Crippen LogP contribution in [-0.2, 0) is 16.1 Å². The lowest BCUT2D eigenvalue weighted by Crippen LogP contribution is -2.43. The fraction of sp³-hybridized carbons (Fsp3) is 0.200. The third-order valence-corrected chi connectivity index (χ3v) is 4.07. The number of hydrogen-bond acceptors (Lipinski definition) is 6. The Hall–Kier alpha value is -4.06. The zero-order valence-electron chi connectivity index (χ0n) is 15.4. The van der Waals surface area contributed by atoms with Gasteiger partial charge in [-0.15, -0.1) is 0 Å². The van der Waals surface area contributed by atoms with Crippen LogP contribution in [-0.4, -0.2) is 23.0 Å². The van der Waals surface area contributed by atoms with Crippen LogP contribution in [0.1, 0.15) is 18.4 Å². The topological polar surface area (TPSA) is 126 Å². The van der Waals surface area contributed by atoms with E-state index in [0.717, 1.165) is 0 Å². The van der Waals surface area contributed by atoms with Gasteiger partial charge in [-0.25, -0.2) is 4.79 Å². The lowest BCUT2D eigenvalue weighted by molar-refractivity contribution is -0.130. The van der Waals surface area contributed by atoms with Crippen molar-refractivity contribution in [3.05, 3.63) is 64.6 Å². The number of carbonyl (C=O) groups is 2. The van der Waals surface area contributed by atoms with Crippen molar-refractivity contribution in [2.75, 3.05) is 6.61 Å². The van der Waals surface area contributed by atoms with Crippen LogP contribution >= 0.6 is 0 Å². The van der Waals surface area contributed by atoms with Crippen molar-refractivity contribution in [1.82, 2.24) is 15.4 Å². The van der Waals surface area contributed by atoms with E-state index in [1.165, 1.54) is 4.57 Å². The maximum absolute atomic E-state index is 11.9. The average molecular weight is 394 g/mol. The Morgan fingerprint density at radius 3 is 2.62 bits per heavy atom. The Balaban J connectivity index is 1.41. The third kappa shape index (κ3) is 5.01. The highest BCUT2D eigenvalue weighted by Crippen LogP contribution is 2.16. The molecule has 0 radical (unpaired) electrons. The third-order valence-electron chi connectivity index (χ3n) is 4.07. The predicted molar refractivity (Wildman–Crippen MR) is 103 cm³/mol. The first-order valence-corrected chi connectivity index (χ1v) is 8.86. The number of carbonyl (C=O) groups excluding carboxylic acids is 2. The van der Waals surface area contributed by atoms with Gasteiger partial charge in [-0.3, -0.25) is 25.0 Å². The van der Waals surface area contributed by atoms with Gasteiger partial charge in [0.25, 0.3) is 5.91 Å². The van der Waals surface area contributed by atoms with E-state index in [1.54, 1.807) is 48.5 Å². The molecule has 0 saturated carbocycles. The van der Waals surface area contributed by atoms with E-state index in [-0.39, 0.29) is 18.8 Å². The molecule has 2 amide bonds. The van der Waals surface area contributed by atoms with Gasteiger partial charge in [-0.1, -0.05) is 24.3 Å². The molecule has 0 saturated heterocycles. The number of fused-ring (bicyclic) bond motifs is 1. The molecule has 0 aliphatic rings. The molecule has 1 aromatic heterocycles. The number of aromatic nitrogens is 1. The van der Waals surface area contributed by atoms with Gasteiger partial charge < -0.3 is 9.15 Å². The highest BCUT2D eigenvalue weighted by molar-refractivity contribution is 5.82. The van der Waals surface area contributed by atoms with E-state index in [1.807, 2.05) is 6.07 Å². The molecule has 148 valence electrons. The summed E-state index contributed by atoms with van der Waals surface area (Å²) in [6.45, 7) is -0.0410. The van der Waals surface area contributed by atoms with Gasteiger partial charge in [-0.2, -0.15) is 5.26 Å². The minimum Gasteiger partial charge on any atom is -0.482 e. The summed E-state index contributed by atoms with van der Waals surface area (Å²) >= 11 is 0. The molecule has 0 fully saturated rings. The first-order valence-electron chi connectivity index (χ1n) is 8.86. The van der Waals surface area contributed by atoms with Crippen LogP contribution in [0.4, 0.5) is 0 Å². The van der Waals surface area contributed by atoms with Crippen molar-refractivity contribution >= 4 is 22.9 Å². The van der Waals surface area contributed by atoms with E-state index in [4.69, 9.17) is 14.4 Å². The Morgan fingerprint density at radius 1 is 1.07 bits per heavy atom. The standard InChI is InChI=1S/C20H18N4O5/c21-12-14-6-1-3-8-16(14)28-13-19(26)23-22-18(25)10-5-11-24-15-7-2-4-9-17(15)29-20(24)27/h1-4,6-9H,5,10-11,13H2,(H,22,25)(H,23,26). The summed E-state index contributed by atoms with van der Waals surface area (Å²) in [6, 6.07) is 15.5. The highest BCUT2D eigenvalue weighted by Gasteiger charge is 2.10. The number of amides is 2. The lowest BCUT2D eigenvalue weighted by Gasteiger charge is -2.09. The fourth-order valence-electron chi connectivity index (χ4n) is 2.69. The normalized spacial score (nSPS) is 10.3. The zero-order chi connectivity index (χ0) is 20.6. The number of rotatable bonds is 7. The SMILES string of the molecule is N#Cc1ccccc1OCC(=O)NNC(=O)CCCn1c(=O)oc2ccccc21. The summed E-state index contributed by atoms with van der Waals surface area (Å²) in [5, 5.41) is 8.97. The molecular formula is C20H18N4O5. The minimum absolute atomic E-state index is 0.102. The number of benzene rings is 2. The quantitative estimate of drug-likeness (QED) is 0.585. The zero-order valence-corrected chi connectivity index (χ0v) is 15.4. The summed E-state index contributed by atoms with van der Waals surface area (Å²) in [5.74, 6) is -1.16. The molecule has 2 N–H and O–H groups in total. The number of nitriles is 1. The summed E-state index contributed by atoms with van der Waals surface area (Å²) in [7, 11) is 0. The van der Waals surface area contributed by atoms with Gasteiger partial charge in [0, 0.05) is 13.0 Å². The monoisotopic (exact) mass is 394 g/mol. The molecule has 29 heavy (non-hydrogen) atoms. The van der Waals surface area contributed by atoms with Crippen LogP contribution in [0.2, 0.25) is 0 Å². The molecule has 9 heteroatoms. The van der Waals surface area contributed by atoms with Crippen LogP contribution in [0.5, 0.6) is 5.75 Å². The fourth-order valence-corrected chi connectivity index (χ4v) is 2.69. The summed E-state index contributed by atoms with van der Waals surface area (Å²) in [4.78, 5) is 35.5. The summed E-state index contributed by atoms with van der Waals surface area (Å²) in [5.41, 5.74) is 6.00. The summed E-state index contributed by atoms with van der Waals surface area (Å²) < 4.78 is 11.9. The van der Waals surface area contributed by atoms with E-state index >= 15 is 0 Å². The van der Waals surface area contributed by atoms with Crippen molar-refractivity contribution in [2.24, 2.45) is 0 Å². The van der Waals surface area contributed by atoms with E-state index in [0.29, 0.717) is 29.6 Å². The van der Waals surface area contributed by atoms with Crippen molar-refractivity contribution < 1.29 is 18.7 Å². The van der Waals surface area contributed by atoms with Crippen LogP contribution < -0.4 is 21.3 Å². The molecule has 0 spiro atoms. The lowest BCUT2D eigenvalue weighted by atomic mass is 10.2. The number of nitrogens with one attached hydrogen (secondary N) is 2. The number of oxazole rings is 1. The highest BCUT2D eigenvalue weighted by atomic mass is 16.5. The molecule has 3 rings (SSSR count). The van der Waals surface area contributed by atoms with Gasteiger partial charge in [0.05, 0.1) is 11.1 Å². The van der Waals surface area contributed by atoms with Gasteiger partial charge in [0.1, 0.15) is 11.8 Å². The van der Waals surface area contributed by atoms with Crippen LogP contribution in [0.3, 0.4) is 0 Å².